The maximum atomic E-state index is 14.6. The molecule has 0 bridgehead atoms. The van der Waals surface area contributed by atoms with Gasteiger partial charge in [0.05, 0.1) is 17.1 Å². The topological polar surface area (TPSA) is 53.8 Å². The average molecular weight is 555 g/mol. The number of hydrogen-bond donors (Lipinski definition) is 0. The van der Waals surface area contributed by atoms with Gasteiger partial charge in [-0.2, -0.15) is 5.26 Å². The van der Waals surface area contributed by atoms with Crippen LogP contribution >= 0.6 is 0 Å². The first-order valence-electron chi connectivity index (χ1n) is 16.2. The Hall–Kier alpha value is -3.77. The number of hydrogen-bond acceptors (Lipinski definition) is 3. The molecule has 2 saturated carbocycles. The molecule has 1 unspecified atom stereocenters. The monoisotopic (exact) mass is 554 g/mol. The third-order valence-corrected chi connectivity index (χ3v) is 10.1. The van der Waals surface area contributed by atoms with Crippen molar-refractivity contribution in [2.45, 2.75) is 83.5 Å². The number of benzene rings is 3. The molecule has 0 spiro atoms. The molecule has 3 nitrogen and oxygen atoms in total. The lowest BCUT2D eigenvalue weighted by molar-refractivity contribution is 0.0876. The fraction of sp³-hybridized carbons (Fsp3) is 0.410. The molecule has 3 heteroatoms. The molecule has 3 atom stereocenters. The summed E-state index contributed by atoms with van der Waals surface area (Å²) in [7, 11) is 0. The van der Waals surface area contributed by atoms with E-state index in [4.69, 9.17) is 4.98 Å². The van der Waals surface area contributed by atoms with Crippen molar-refractivity contribution in [1.29, 1.82) is 5.26 Å². The predicted octanol–water partition coefficient (Wildman–Crippen LogP) is 10.1. The van der Waals surface area contributed by atoms with E-state index in [0.29, 0.717) is 23.2 Å². The lowest BCUT2D eigenvalue weighted by Crippen LogP contribution is -2.23. The summed E-state index contributed by atoms with van der Waals surface area (Å²) in [5.41, 5.74) is 6.84. The Morgan fingerprint density at radius 1 is 0.881 bits per heavy atom. The van der Waals surface area contributed by atoms with E-state index in [9.17, 15) is 10.1 Å². The first kappa shape index (κ1) is 28.4. The first-order chi connectivity index (χ1) is 20.6. The Morgan fingerprint density at radius 3 is 2.38 bits per heavy atom. The quantitative estimate of drug-likeness (QED) is 0.193. The van der Waals surface area contributed by atoms with Gasteiger partial charge in [0.15, 0.2) is 5.78 Å². The van der Waals surface area contributed by atoms with Crippen LogP contribution in [0.1, 0.15) is 104 Å². The third kappa shape index (κ3) is 6.19. The van der Waals surface area contributed by atoms with Crippen molar-refractivity contribution >= 4 is 16.7 Å². The summed E-state index contributed by atoms with van der Waals surface area (Å²) in [6.07, 6.45) is 13.2. The molecule has 42 heavy (non-hydrogen) atoms. The van der Waals surface area contributed by atoms with Crippen molar-refractivity contribution in [2.75, 3.05) is 0 Å². The SMILES string of the molecule is CC[C@@H](Cc1cc(C(=O)C2CCC[C@H]2CC2CCCCC2)c2cc(-c3ccc(C#N)cc3)ccc2n1)c1ccccc1. The summed E-state index contributed by atoms with van der Waals surface area (Å²) in [4.78, 5) is 19.7. The second-order valence-electron chi connectivity index (χ2n) is 12.7. The highest BCUT2D eigenvalue weighted by atomic mass is 16.1. The van der Waals surface area contributed by atoms with Crippen molar-refractivity contribution in [1.82, 2.24) is 4.98 Å². The number of nitriles is 1. The third-order valence-electron chi connectivity index (χ3n) is 10.1. The van der Waals surface area contributed by atoms with Gasteiger partial charge < -0.3 is 0 Å². The van der Waals surface area contributed by atoms with Crippen molar-refractivity contribution in [3.05, 3.63) is 101 Å². The molecule has 0 aliphatic heterocycles. The molecule has 0 saturated heterocycles. The van der Waals surface area contributed by atoms with Gasteiger partial charge in [0.2, 0.25) is 0 Å². The van der Waals surface area contributed by atoms with Gasteiger partial charge in [-0.15, -0.1) is 0 Å². The van der Waals surface area contributed by atoms with Gasteiger partial charge in [-0.25, -0.2) is 0 Å². The van der Waals surface area contributed by atoms with Crippen LogP contribution in [-0.2, 0) is 6.42 Å². The fourth-order valence-corrected chi connectivity index (χ4v) is 7.70. The molecule has 1 aromatic heterocycles. The van der Waals surface area contributed by atoms with Gasteiger partial charge in [0.1, 0.15) is 0 Å². The summed E-state index contributed by atoms with van der Waals surface area (Å²) in [6.45, 7) is 2.24. The smallest absolute Gasteiger partial charge is 0.166 e. The molecule has 3 aromatic carbocycles. The van der Waals surface area contributed by atoms with Crippen LogP contribution in [0.2, 0.25) is 0 Å². The number of nitrogens with zero attached hydrogens (tertiary/aromatic N) is 2. The molecule has 0 amide bonds. The molecular weight excluding hydrogens is 512 g/mol. The second-order valence-corrected chi connectivity index (χ2v) is 12.7. The summed E-state index contributed by atoms with van der Waals surface area (Å²) < 4.78 is 0. The minimum absolute atomic E-state index is 0.111. The molecular formula is C39H42N2O. The van der Waals surface area contributed by atoms with Crippen molar-refractivity contribution in [3.8, 4) is 17.2 Å². The molecule has 2 aliphatic carbocycles. The molecule has 214 valence electrons. The van der Waals surface area contributed by atoms with E-state index in [2.05, 4.69) is 67.6 Å². The Morgan fingerprint density at radius 2 is 1.64 bits per heavy atom. The summed E-state index contributed by atoms with van der Waals surface area (Å²) in [5, 5.41) is 10.2. The Bertz CT molecular complexity index is 1560. The number of Topliss-reactive ketones (excluding diaryl/α,β-unsaturated/α-hetero) is 1. The zero-order valence-electron chi connectivity index (χ0n) is 24.9. The van der Waals surface area contributed by atoms with Crippen LogP contribution in [-0.4, -0.2) is 10.8 Å². The van der Waals surface area contributed by atoms with E-state index < -0.39 is 0 Å². The summed E-state index contributed by atoms with van der Waals surface area (Å²) in [6, 6.07) is 29.1. The Labute approximate surface area is 251 Å². The number of pyridine rings is 1. The lowest BCUT2D eigenvalue weighted by atomic mass is 9.77. The van der Waals surface area contributed by atoms with Crippen LogP contribution in [0.5, 0.6) is 0 Å². The largest absolute Gasteiger partial charge is 0.294 e. The minimum atomic E-state index is 0.111. The highest BCUT2D eigenvalue weighted by molar-refractivity contribution is 6.09. The van der Waals surface area contributed by atoms with Crippen LogP contribution in [0.3, 0.4) is 0 Å². The van der Waals surface area contributed by atoms with E-state index >= 15 is 0 Å². The van der Waals surface area contributed by atoms with E-state index in [1.165, 1.54) is 50.5 Å². The average Bonchev–Trinajstić information content (AvgIpc) is 3.51. The summed E-state index contributed by atoms with van der Waals surface area (Å²) >= 11 is 0. The van der Waals surface area contributed by atoms with Gasteiger partial charge in [0.25, 0.3) is 0 Å². The van der Waals surface area contributed by atoms with Crippen LogP contribution in [0.4, 0.5) is 0 Å². The van der Waals surface area contributed by atoms with E-state index in [0.717, 1.165) is 64.9 Å². The maximum Gasteiger partial charge on any atom is 0.166 e. The zero-order chi connectivity index (χ0) is 28.9. The molecule has 2 aliphatic rings. The number of fused-ring (bicyclic) bond motifs is 1. The van der Waals surface area contributed by atoms with Crippen LogP contribution < -0.4 is 0 Å². The van der Waals surface area contributed by atoms with E-state index in [1.807, 2.05) is 24.3 Å². The number of rotatable bonds is 9. The second kappa shape index (κ2) is 13.0. The van der Waals surface area contributed by atoms with Crippen LogP contribution in [0, 0.1) is 29.1 Å². The normalized spacial score (nSPS) is 19.9. The highest BCUT2D eigenvalue weighted by Crippen LogP contribution is 2.42. The minimum Gasteiger partial charge on any atom is -0.294 e. The highest BCUT2D eigenvalue weighted by Gasteiger charge is 2.36. The molecule has 6 rings (SSSR count). The molecule has 0 radical (unpaired) electrons. The van der Waals surface area contributed by atoms with Crippen molar-refractivity contribution in [3.63, 3.8) is 0 Å². The van der Waals surface area contributed by atoms with E-state index in [1.54, 1.807) is 0 Å². The van der Waals surface area contributed by atoms with Gasteiger partial charge in [0, 0.05) is 22.6 Å². The van der Waals surface area contributed by atoms with Crippen molar-refractivity contribution in [2.24, 2.45) is 17.8 Å². The molecule has 0 N–H and O–H groups in total. The first-order valence-corrected chi connectivity index (χ1v) is 16.2. The van der Waals surface area contributed by atoms with Gasteiger partial charge >= 0.3 is 0 Å². The number of aromatic nitrogens is 1. The fourth-order valence-electron chi connectivity index (χ4n) is 7.70. The van der Waals surface area contributed by atoms with Gasteiger partial charge in [-0.05, 0) is 96.9 Å². The lowest BCUT2D eigenvalue weighted by Gasteiger charge is -2.27. The zero-order valence-corrected chi connectivity index (χ0v) is 24.9. The number of carbonyl (C=O) groups excluding carboxylic acids is 1. The molecule has 2 fully saturated rings. The van der Waals surface area contributed by atoms with E-state index in [-0.39, 0.29) is 5.92 Å². The van der Waals surface area contributed by atoms with Crippen molar-refractivity contribution < 1.29 is 4.79 Å². The maximum absolute atomic E-state index is 14.6. The van der Waals surface area contributed by atoms with Gasteiger partial charge in [-0.1, -0.05) is 94.0 Å². The predicted molar refractivity (Wildman–Crippen MR) is 171 cm³/mol. The molecule has 1 heterocycles. The van der Waals surface area contributed by atoms with Crippen LogP contribution in [0.25, 0.3) is 22.0 Å². The standard InChI is InChI=1S/C39H42N2O/c1-2-29(30-12-7-4-8-13-30)23-34-25-37(39(42)35-15-9-14-33(35)22-27-10-5-3-6-11-27)36-24-32(20-21-38(36)41-34)31-18-16-28(26-40)17-19-31/h4,7-8,12-13,16-21,24-25,27,29,33,35H,2-3,5-6,9-11,14-15,22-23H2,1H3/t29-,33-,35?/m0/s1. The van der Waals surface area contributed by atoms with Gasteiger partial charge in [-0.3, -0.25) is 9.78 Å². The number of ketones is 1. The Balaban J connectivity index is 1.38. The van der Waals surface area contributed by atoms with Crippen LogP contribution in [0.15, 0.2) is 78.9 Å². The number of carbonyl (C=O) groups is 1. The summed E-state index contributed by atoms with van der Waals surface area (Å²) in [5.74, 6) is 2.09. The Kier molecular flexibility index (Phi) is 8.80. The molecule has 4 aromatic rings.